The van der Waals surface area contributed by atoms with Crippen molar-refractivity contribution < 1.29 is 13.2 Å². The third-order valence-corrected chi connectivity index (χ3v) is 8.88. The van der Waals surface area contributed by atoms with E-state index in [1.54, 1.807) is 17.5 Å². The Morgan fingerprint density at radius 3 is 2.71 bits per heavy atom. The average Bonchev–Trinajstić information content (AvgIpc) is 3.25. The lowest BCUT2D eigenvalue weighted by Gasteiger charge is -2.32. The number of piperidine rings is 1. The molecule has 2 aliphatic heterocycles. The van der Waals surface area contributed by atoms with Gasteiger partial charge < -0.3 is 15.1 Å². The molecule has 1 aromatic rings. The summed E-state index contributed by atoms with van der Waals surface area (Å²) >= 11 is 1.23. The summed E-state index contributed by atoms with van der Waals surface area (Å²) in [5.41, 5.74) is 0. The molecule has 1 amide bonds. The van der Waals surface area contributed by atoms with Gasteiger partial charge in [0, 0.05) is 45.8 Å². The van der Waals surface area contributed by atoms with Crippen LogP contribution in [0.4, 0.5) is 0 Å². The van der Waals surface area contributed by atoms with E-state index in [1.807, 2.05) is 0 Å². The van der Waals surface area contributed by atoms with E-state index in [2.05, 4.69) is 22.2 Å². The number of nitrogens with one attached hydrogen (secondary N) is 1. The molecule has 0 saturated carbocycles. The lowest BCUT2D eigenvalue weighted by Crippen LogP contribution is -2.45. The van der Waals surface area contributed by atoms with Crippen LogP contribution in [0.1, 0.15) is 25.7 Å². The van der Waals surface area contributed by atoms with Crippen molar-refractivity contribution in [2.75, 3.05) is 59.4 Å². The highest BCUT2D eigenvalue weighted by molar-refractivity contribution is 7.91. The molecule has 9 heteroatoms. The van der Waals surface area contributed by atoms with Gasteiger partial charge in [-0.05, 0) is 50.7 Å². The van der Waals surface area contributed by atoms with Gasteiger partial charge in [-0.1, -0.05) is 6.07 Å². The molecule has 3 heterocycles. The molecule has 0 bridgehead atoms. The van der Waals surface area contributed by atoms with Crippen LogP contribution >= 0.6 is 11.3 Å². The quantitative estimate of drug-likeness (QED) is 0.632. The lowest BCUT2D eigenvalue weighted by atomic mass is 9.99. The number of thiophene rings is 1. The third kappa shape index (κ3) is 5.76. The molecule has 2 saturated heterocycles. The molecule has 28 heavy (non-hydrogen) atoms. The molecule has 1 aromatic heterocycles. The molecule has 7 nitrogen and oxygen atoms in total. The molecule has 2 fully saturated rings. The number of hydrogen-bond acceptors (Lipinski definition) is 6. The van der Waals surface area contributed by atoms with E-state index >= 15 is 0 Å². The van der Waals surface area contributed by atoms with Crippen molar-refractivity contribution in [2.45, 2.75) is 29.9 Å². The van der Waals surface area contributed by atoms with Crippen LogP contribution in [-0.2, 0) is 14.8 Å². The van der Waals surface area contributed by atoms with Gasteiger partial charge in [0.05, 0.1) is 5.92 Å². The molecule has 1 atom stereocenters. The molecular formula is C19H32N4O3S2. The normalized spacial score (nSPS) is 23.0. The van der Waals surface area contributed by atoms with Gasteiger partial charge in [-0.25, -0.2) is 8.42 Å². The Balaban J connectivity index is 1.37. The Hall–Kier alpha value is -1.00. The van der Waals surface area contributed by atoms with E-state index in [-0.39, 0.29) is 18.4 Å². The van der Waals surface area contributed by atoms with E-state index in [9.17, 15) is 13.2 Å². The van der Waals surface area contributed by atoms with Crippen LogP contribution in [0, 0.1) is 5.92 Å². The summed E-state index contributed by atoms with van der Waals surface area (Å²) in [4.78, 5) is 17.3. The van der Waals surface area contributed by atoms with Gasteiger partial charge >= 0.3 is 0 Å². The molecule has 0 aliphatic carbocycles. The molecule has 1 unspecified atom stereocenters. The largest absolute Gasteiger partial charge is 0.356 e. The molecule has 1 N–H and O–H groups in total. The van der Waals surface area contributed by atoms with Crippen LogP contribution < -0.4 is 5.32 Å². The maximum Gasteiger partial charge on any atom is 0.252 e. The monoisotopic (exact) mass is 428 g/mol. The molecule has 2 aliphatic rings. The van der Waals surface area contributed by atoms with Crippen LogP contribution in [0.15, 0.2) is 21.7 Å². The fourth-order valence-electron chi connectivity index (χ4n) is 3.80. The highest BCUT2D eigenvalue weighted by Crippen LogP contribution is 2.26. The Morgan fingerprint density at radius 1 is 1.21 bits per heavy atom. The number of rotatable bonds is 8. The topological polar surface area (TPSA) is 73.0 Å². The van der Waals surface area contributed by atoms with Crippen molar-refractivity contribution in [3.8, 4) is 0 Å². The number of carbonyl (C=O) groups is 1. The predicted molar refractivity (Wildman–Crippen MR) is 112 cm³/mol. The van der Waals surface area contributed by atoms with Crippen molar-refractivity contribution >= 4 is 27.3 Å². The zero-order valence-corrected chi connectivity index (χ0v) is 18.3. The van der Waals surface area contributed by atoms with Crippen molar-refractivity contribution in [1.82, 2.24) is 19.4 Å². The van der Waals surface area contributed by atoms with Crippen molar-refractivity contribution in [1.29, 1.82) is 0 Å². The van der Waals surface area contributed by atoms with Crippen LogP contribution in [0.2, 0.25) is 0 Å². The number of hydrogen-bond donors (Lipinski definition) is 1. The number of nitrogens with zero attached hydrogens (tertiary/aromatic N) is 3. The summed E-state index contributed by atoms with van der Waals surface area (Å²) in [5.74, 6) is -0.258. The Bertz CT molecular complexity index is 716. The maximum atomic E-state index is 12.7. The highest BCUT2D eigenvalue weighted by Gasteiger charge is 2.33. The number of amides is 1. The average molecular weight is 429 g/mol. The van der Waals surface area contributed by atoms with Crippen LogP contribution in [0.3, 0.4) is 0 Å². The number of likely N-dealkylation sites (N-methyl/N-ethyl adjacent to an activating group) is 1. The van der Waals surface area contributed by atoms with Gasteiger partial charge in [0.25, 0.3) is 10.0 Å². The fourth-order valence-corrected chi connectivity index (χ4v) is 6.47. The van der Waals surface area contributed by atoms with Gasteiger partial charge in [0.2, 0.25) is 5.91 Å². The standard InChI is InChI=1S/C19H32N4O3S2/c1-21-11-13-22(14-12-21)9-3-2-8-20-19(24)17-6-4-10-23(16-17)28(25,26)18-7-5-15-27-18/h5,7,15,17H,2-4,6,8-14,16H2,1H3,(H,20,24). The zero-order valence-electron chi connectivity index (χ0n) is 16.7. The van der Waals surface area contributed by atoms with Gasteiger partial charge in [-0.3, -0.25) is 4.79 Å². The summed E-state index contributed by atoms with van der Waals surface area (Å²) in [5, 5.41) is 4.79. The van der Waals surface area contributed by atoms with Crippen molar-refractivity contribution in [3.05, 3.63) is 17.5 Å². The fraction of sp³-hybridized carbons (Fsp3) is 0.737. The van der Waals surface area contributed by atoms with Gasteiger partial charge in [0.15, 0.2) is 0 Å². The minimum absolute atomic E-state index is 0.00863. The Kier molecular flexibility index (Phi) is 7.87. The molecule has 0 radical (unpaired) electrons. The maximum absolute atomic E-state index is 12.7. The van der Waals surface area contributed by atoms with E-state index in [4.69, 9.17) is 0 Å². The van der Waals surface area contributed by atoms with Crippen molar-refractivity contribution in [2.24, 2.45) is 5.92 Å². The van der Waals surface area contributed by atoms with Crippen LogP contribution in [-0.4, -0.2) is 87.8 Å². The first-order chi connectivity index (χ1) is 13.5. The summed E-state index contributed by atoms with van der Waals surface area (Å²) in [6, 6.07) is 3.37. The predicted octanol–water partition coefficient (Wildman–Crippen LogP) is 1.29. The second kappa shape index (κ2) is 10.2. The number of piperazine rings is 1. The summed E-state index contributed by atoms with van der Waals surface area (Å²) in [7, 11) is -1.31. The lowest BCUT2D eigenvalue weighted by molar-refractivity contribution is -0.126. The van der Waals surface area contributed by atoms with Gasteiger partial charge in [-0.15, -0.1) is 11.3 Å². The van der Waals surface area contributed by atoms with Gasteiger partial charge in [-0.2, -0.15) is 4.31 Å². The highest BCUT2D eigenvalue weighted by atomic mass is 32.2. The summed E-state index contributed by atoms with van der Waals surface area (Å²) in [6.45, 7) is 7.04. The molecule has 158 valence electrons. The van der Waals surface area contributed by atoms with E-state index in [0.717, 1.165) is 58.4 Å². The molecular weight excluding hydrogens is 396 g/mol. The Labute approximate surface area is 172 Å². The number of sulfonamides is 1. The van der Waals surface area contributed by atoms with E-state index in [1.165, 1.54) is 15.6 Å². The molecule has 0 spiro atoms. The minimum atomic E-state index is -3.47. The second-order valence-electron chi connectivity index (χ2n) is 7.78. The number of unbranched alkanes of at least 4 members (excludes halogenated alkanes) is 1. The Morgan fingerprint density at radius 2 is 2.00 bits per heavy atom. The van der Waals surface area contributed by atoms with Crippen molar-refractivity contribution in [3.63, 3.8) is 0 Å². The van der Waals surface area contributed by atoms with E-state index in [0.29, 0.717) is 17.3 Å². The van der Waals surface area contributed by atoms with Gasteiger partial charge in [0.1, 0.15) is 4.21 Å². The first kappa shape index (κ1) is 21.7. The first-order valence-electron chi connectivity index (χ1n) is 10.2. The van der Waals surface area contributed by atoms with E-state index < -0.39 is 10.0 Å². The summed E-state index contributed by atoms with van der Waals surface area (Å²) in [6.07, 6.45) is 3.52. The second-order valence-corrected chi connectivity index (χ2v) is 10.9. The third-order valence-electron chi connectivity index (χ3n) is 5.64. The molecule has 0 aromatic carbocycles. The zero-order chi connectivity index (χ0) is 20.0. The number of carbonyl (C=O) groups excluding carboxylic acids is 1. The smallest absolute Gasteiger partial charge is 0.252 e. The minimum Gasteiger partial charge on any atom is -0.356 e. The van der Waals surface area contributed by atoms with Crippen LogP contribution in [0.25, 0.3) is 0 Å². The van der Waals surface area contributed by atoms with Crippen LogP contribution in [0.5, 0.6) is 0 Å². The first-order valence-corrected chi connectivity index (χ1v) is 12.5. The summed E-state index contributed by atoms with van der Waals surface area (Å²) < 4.78 is 27.2. The molecule has 3 rings (SSSR count). The SMILES string of the molecule is CN1CCN(CCCCNC(=O)C2CCCN(S(=O)(=O)c3cccs3)C2)CC1.